The highest BCUT2D eigenvalue weighted by Crippen LogP contribution is 2.34. The molecule has 2 N–H and O–H groups in total. The molecule has 134 valence electrons. The van der Waals surface area contributed by atoms with Gasteiger partial charge in [0, 0.05) is 13.2 Å². The molecule has 7 heteroatoms. The minimum absolute atomic E-state index is 0.226. The van der Waals surface area contributed by atoms with Crippen molar-refractivity contribution in [1.82, 2.24) is 5.32 Å². The predicted molar refractivity (Wildman–Crippen MR) is 82.3 cm³/mol. The highest BCUT2D eigenvalue weighted by Gasteiger charge is 2.38. The molecule has 0 bridgehead atoms. The maximum atomic E-state index is 12.3. The standard InChI is InChI=1S/C17H22F3NO3/c1-11-4-6-12(7-5-11)15-13(3-2-10-24-15)16(23)21-9-8-14(22)17(18,19)20/h4-7,13-15,22H,2-3,8-10H2,1H3,(H,21,23)/t13-,14+,15-/m0/s1. The van der Waals surface area contributed by atoms with Crippen LogP contribution in [0.2, 0.25) is 0 Å². The Balaban J connectivity index is 1.94. The van der Waals surface area contributed by atoms with E-state index in [0.717, 1.165) is 17.5 Å². The second kappa shape index (κ2) is 7.98. The summed E-state index contributed by atoms with van der Waals surface area (Å²) in [4.78, 5) is 12.3. The van der Waals surface area contributed by atoms with E-state index >= 15 is 0 Å². The molecule has 0 spiro atoms. The van der Waals surface area contributed by atoms with Crippen LogP contribution < -0.4 is 5.32 Å². The van der Waals surface area contributed by atoms with E-state index in [1.165, 1.54) is 0 Å². The number of hydrogen-bond donors (Lipinski definition) is 2. The van der Waals surface area contributed by atoms with Gasteiger partial charge < -0.3 is 15.2 Å². The number of nitrogens with one attached hydrogen (secondary N) is 1. The molecule has 0 saturated carbocycles. The van der Waals surface area contributed by atoms with Gasteiger partial charge in [-0.3, -0.25) is 4.79 Å². The number of benzene rings is 1. The van der Waals surface area contributed by atoms with Gasteiger partial charge in [0.05, 0.1) is 12.0 Å². The monoisotopic (exact) mass is 345 g/mol. The number of aliphatic hydroxyl groups is 1. The van der Waals surface area contributed by atoms with Crippen molar-refractivity contribution in [2.24, 2.45) is 5.92 Å². The molecule has 1 saturated heterocycles. The zero-order valence-corrected chi connectivity index (χ0v) is 13.5. The lowest BCUT2D eigenvalue weighted by Crippen LogP contribution is -2.40. The highest BCUT2D eigenvalue weighted by molar-refractivity contribution is 5.79. The number of aryl methyl sites for hydroxylation is 1. The molecule has 1 amide bonds. The average Bonchev–Trinajstić information content (AvgIpc) is 2.54. The Hall–Kier alpha value is -1.60. The number of carbonyl (C=O) groups is 1. The molecular weight excluding hydrogens is 323 g/mol. The summed E-state index contributed by atoms with van der Waals surface area (Å²) in [6.45, 7) is 2.29. The summed E-state index contributed by atoms with van der Waals surface area (Å²) >= 11 is 0. The van der Waals surface area contributed by atoms with Crippen LogP contribution in [0.15, 0.2) is 24.3 Å². The van der Waals surface area contributed by atoms with Gasteiger partial charge >= 0.3 is 6.18 Å². The van der Waals surface area contributed by atoms with E-state index in [2.05, 4.69) is 5.32 Å². The van der Waals surface area contributed by atoms with Crippen molar-refractivity contribution in [2.45, 2.75) is 44.6 Å². The fraction of sp³-hybridized carbons (Fsp3) is 0.588. The first-order valence-corrected chi connectivity index (χ1v) is 7.99. The van der Waals surface area contributed by atoms with E-state index in [4.69, 9.17) is 9.84 Å². The Morgan fingerprint density at radius 1 is 1.38 bits per heavy atom. The van der Waals surface area contributed by atoms with E-state index < -0.39 is 30.7 Å². The fourth-order valence-electron chi connectivity index (χ4n) is 2.76. The molecule has 4 nitrogen and oxygen atoms in total. The lowest BCUT2D eigenvalue weighted by atomic mass is 9.88. The number of amides is 1. The van der Waals surface area contributed by atoms with Crippen LogP contribution in [0.3, 0.4) is 0 Å². The van der Waals surface area contributed by atoms with E-state index in [1.54, 1.807) is 0 Å². The van der Waals surface area contributed by atoms with Crippen LogP contribution in [-0.4, -0.2) is 36.4 Å². The molecule has 2 rings (SSSR count). The van der Waals surface area contributed by atoms with E-state index in [9.17, 15) is 18.0 Å². The summed E-state index contributed by atoms with van der Waals surface area (Å²) < 4.78 is 42.5. The van der Waals surface area contributed by atoms with Gasteiger partial charge in [0.1, 0.15) is 0 Å². The van der Waals surface area contributed by atoms with Crippen molar-refractivity contribution in [3.8, 4) is 0 Å². The number of hydrogen-bond acceptors (Lipinski definition) is 3. The maximum absolute atomic E-state index is 12.3. The van der Waals surface area contributed by atoms with Crippen LogP contribution in [0.1, 0.15) is 36.5 Å². The van der Waals surface area contributed by atoms with Crippen LogP contribution in [-0.2, 0) is 9.53 Å². The van der Waals surface area contributed by atoms with Crippen molar-refractivity contribution >= 4 is 5.91 Å². The SMILES string of the molecule is Cc1ccc([C@@H]2OCCC[C@@H]2C(=O)NCC[C@@H](O)C(F)(F)F)cc1. The highest BCUT2D eigenvalue weighted by atomic mass is 19.4. The van der Waals surface area contributed by atoms with Gasteiger partial charge in [-0.25, -0.2) is 0 Å². The molecule has 1 heterocycles. The Morgan fingerprint density at radius 2 is 2.04 bits per heavy atom. The fourth-order valence-corrected chi connectivity index (χ4v) is 2.76. The lowest BCUT2D eigenvalue weighted by Gasteiger charge is -2.31. The molecule has 0 radical (unpaired) electrons. The summed E-state index contributed by atoms with van der Waals surface area (Å²) in [7, 11) is 0. The van der Waals surface area contributed by atoms with Crippen molar-refractivity contribution in [1.29, 1.82) is 0 Å². The molecule has 1 aliphatic rings. The first-order chi connectivity index (χ1) is 11.3. The van der Waals surface area contributed by atoms with Gasteiger partial charge in [0.25, 0.3) is 0 Å². The molecule has 1 aliphatic heterocycles. The summed E-state index contributed by atoms with van der Waals surface area (Å²) in [5, 5.41) is 11.5. The molecule has 1 aromatic rings. The second-order valence-electron chi connectivity index (χ2n) is 6.09. The quantitative estimate of drug-likeness (QED) is 0.863. The third kappa shape index (κ3) is 4.95. The van der Waals surface area contributed by atoms with E-state index in [-0.39, 0.29) is 12.5 Å². The molecule has 3 atom stereocenters. The minimum Gasteiger partial charge on any atom is -0.384 e. The van der Waals surface area contributed by atoms with Crippen LogP contribution in [0.25, 0.3) is 0 Å². The summed E-state index contributed by atoms with van der Waals surface area (Å²) in [5.74, 6) is -0.779. The first kappa shape index (κ1) is 18.7. The molecule has 0 aromatic heterocycles. The summed E-state index contributed by atoms with van der Waals surface area (Å²) in [6.07, 6.45) is -6.70. The average molecular weight is 345 g/mol. The molecular formula is C17H22F3NO3. The Bertz CT molecular complexity index is 545. The number of rotatable bonds is 5. The summed E-state index contributed by atoms with van der Waals surface area (Å²) in [6, 6.07) is 7.67. The van der Waals surface area contributed by atoms with Gasteiger partial charge in [-0.05, 0) is 31.7 Å². The molecule has 1 fully saturated rings. The second-order valence-corrected chi connectivity index (χ2v) is 6.09. The number of halogens is 3. The van der Waals surface area contributed by atoms with Crippen LogP contribution in [0.4, 0.5) is 13.2 Å². The normalized spacial score (nSPS) is 22.9. The minimum atomic E-state index is -4.66. The molecule has 0 aliphatic carbocycles. The van der Waals surface area contributed by atoms with Gasteiger partial charge in [-0.1, -0.05) is 29.8 Å². The van der Waals surface area contributed by atoms with Gasteiger partial charge in [0.15, 0.2) is 6.10 Å². The van der Waals surface area contributed by atoms with Crippen molar-refractivity contribution < 1.29 is 27.8 Å². The van der Waals surface area contributed by atoms with Gasteiger partial charge in [-0.2, -0.15) is 13.2 Å². The predicted octanol–water partition coefficient (Wildman–Crippen LogP) is 2.89. The molecule has 0 unspecified atom stereocenters. The Morgan fingerprint density at radius 3 is 2.67 bits per heavy atom. The van der Waals surface area contributed by atoms with Crippen LogP contribution in [0.5, 0.6) is 0 Å². The van der Waals surface area contributed by atoms with Crippen LogP contribution in [0, 0.1) is 12.8 Å². The number of ether oxygens (including phenoxy) is 1. The molecule has 24 heavy (non-hydrogen) atoms. The smallest absolute Gasteiger partial charge is 0.384 e. The molecule has 1 aromatic carbocycles. The van der Waals surface area contributed by atoms with E-state index in [1.807, 2.05) is 31.2 Å². The van der Waals surface area contributed by atoms with Crippen LogP contribution >= 0.6 is 0 Å². The van der Waals surface area contributed by atoms with Gasteiger partial charge in [0.2, 0.25) is 5.91 Å². The van der Waals surface area contributed by atoms with Crippen molar-refractivity contribution in [3.05, 3.63) is 35.4 Å². The zero-order chi connectivity index (χ0) is 17.7. The lowest BCUT2D eigenvalue weighted by molar-refractivity contribution is -0.205. The Kier molecular flexibility index (Phi) is 6.23. The third-order valence-corrected chi connectivity index (χ3v) is 4.16. The maximum Gasteiger partial charge on any atom is 0.414 e. The number of alkyl halides is 3. The zero-order valence-electron chi connectivity index (χ0n) is 13.5. The summed E-state index contributed by atoms with van der Waals surface area (Å²) in [5.41, 5.74) is 1.98. The topological polar surface area (TPSA) is 58.6 Å². The largest absolute Gasteiger partial charge is 0.414 e. The number of aliphatic hydroxyl groups excluding tert-OH is 1. The van der Waals surface area contributed by atoms with Crippen molar-refractivity contribution in [3.63, 3.8) is 0 Å². The third-order valence-electron chi connectivity index (χ3n) is 4.16. The first-order valence-electron chi connectivity index (χ1n) is 7.99. The number of carbonyl (C=O) groups excluding carboxylic acids is 1. The van der Waals surface area contributed by atoms with Gasteiger partial charge in [-0.15, -0.1) is 0 Å². The Labute approximate surface area is 139 Å². The van der Waals surface area contributed by atoms with E-state index in [0.29, 0.717) is 13.0 Å². The van der Waals surface area contributed by atoms with Crippen molar-refractivity contribution in [2.75, 3.05) is 13.2 Å².